The summed E-state index contributed by atoms with van der Waals surface area (Å²) >= 11 is 5.92. The molecule has 0 saturated carbocycles. The number of aromatic nitrogens is 4. The molecule has 72 valence electrons. The topological polar surface area (TPSA) is 69.6 Å². The fourth-order valence-corrected chi connectivity index (χ4v) is 1.46. The van der Waals surface area contributed by atoms with Crippen molar-refractivity contribution in [2.45, 2.75) is 6.92 Å². The van der Waals surface area contributed by atoms with Crippen molar-refractivity contribution >= 4 is 34.9 Å². The minimum atomic E-state index is 0.133. The lowest BCUT2D eigenvalue weighted by Crippen LogP contribution is -1.96. The predicted octanol–water partition coefficient (Wildman–Crippen LogP) is 1.55. The lowest BCUT2D eigenvalue weighted by molar-refractivity contribution is 1.16. The third-order valence-corrected chi connectivity index (χ3v) is 1.98. The van der Waals surface area contributed by atoms with Crippen molar-refractivity contribution < 1.29 is 0 Å². The van der Waals surface area contributed by atoms with Gasteiger partial charge in [0.15, 0.2) is 10.8 Å². The molecule has 0 aliphatic rings. The first-order valence-corrected chi connectivity index (χ1v) is 4.38. The number of nitrogen functional groups attached to an aromatic ring is 1. The minimum absolute atomic E-state index is 0.133. The van der Waals surface area contributed by atoms with Crippen molar-refractivity contribution in [3.8, 4) is 0 Å². The van der Waals surface area contributed by atoms with Crippen molar-refractivity contribution in [2.24, 2.45) is 0 Å². The Labute approximate surface area is 85.2 Å². The molecule has 0 fully saturated rings. The molecule has 6 heteroatoms. The Morgan fingerprint density at radius 3 is 3.00 bits per heavy atom. The zero-order valence-corrected chi connectivity index (χ0v) is 8.23. The summed E-state index contributed by atoms with van der Waals surface area (Å²) in [6.45, 7) is 1.90. The molecule has 2 N–H and O–H groups in total. The van der Waals surface area contributed by atoms with E-state index in [9.17, 15) is 0 Å². The Hall–Kier alpha value is -1.62. The molecule has 14 heavy (non-hydrogen) atoms. The van der Waals surface area contributed by atoms with Gasteiger partial charge in [-0.1, -0.05) is 17.7 Å². The van der Waals surface area contributed by atoms with Crippen molar-refractivity contribution in [3.05, 3.63) is 17.6 Å². The predicted molar refractivity (Wildman–Crippen MR) is 55.7 cm³/mol. The summed E-state index contributed by atoms with van der Waals surface area (Å²) < 4.78 is 1.75. The van der Waals surface area contributed by atoms with E-state index in [1.807, 2.05) is 19.2 Å². The van der Waals surface area contributed by atoms with E-state index in [4.69, 9.17) is 17.3 Å². The Morgan fingerprint density at radius 1 is 1.50 bits per heavy atom. The molecule has 2 aromatic rings. The van der Waals surface area contributed by atoms with E-state index in [0.29, 0.717) is 16.3 Å². The molecule has 0 aliphatic carbocycles. The van der Waals surface area contributed by atoms with Gasteiger partial charge < -0.3 is 10.3 Å². The fourth-order valence-electron chi connectivity index (χ4n) is 1.19. The number of anilines is 1. The molecular weight excluding hydrogens is 202 g/mol. The van der Waals surface area contributed by atoms with Gasteiger partial charge in [0.1, 0.15) is 11.8 Å². The van der Waals surface area contributed by atoms with Crippen LogP contribution in [0.15, 0.2) is 12.4 Å². The van der Waals surface area contributed by atoms with Crippen LogP contribution in [0.2, 0.25) is 5.15 Å². The number of hydrogen-bond acceptors (Lipinski definition) is 4. The number of allylic oxidation sites excluding steroid dienone is 1. The number of imidazole rings is 1. The summed E-state index contributed by atoms with van der Waals surface area (Å²) in [5.74, 6) is 0.133. The lowest BCUT2D eigenvalue weighted by Gasteiger charge is -1.98. The second-order valence-corrected chi connectivity index (χ2v) is 3.04. The minimum Gasteiger partial charge on any atom is -0.368 e. The Kier molecular flexibility index (Phi) is 2.09. The molecule has 2 heterocycles. The Morgan fingerprint density at radius 2 is 2.29 bits per heavy atom. The molecule has 0 radical (unpaired) electrons. The van der Waals surface area contributed by atoms with Gasteiger partial charge in [0.2, 0.25) is 5.95 Å². The van der Waals surface area contributed by atoms with Gasteiger partial charge in [0.05, 0.1) is 0 Å². The van der Waals surface area contributed by atoms with Gasteiger partial charge in [-0.25, -0.2) is 4.98 Å². The van der Waals surface area contributed by atoms with Crippen LogP contribution in [-0.4, -0.2) is 19.5 Å². The summed E-state index contributed by atoms with van der Waals surface area (Å²) in [4.78, 5) is 11.9. The van der Waals surface area contributed by atoms with E-state index in [1.165, 1.54) is 0 Å². The van der Waals surface area contributed by atoms with E-state index in [1.54, 1.807) is 10.9 Å². The van der Waals surface area contributed by atoms with E-state index < -0.39 is 0 Å². The highest BCUT2D eigenvalue weighted by Crippen LogP contribution is 2.20. The van der Waals surface area contributed by atoms with Crippen LogP contribution in [0, 0.1) is 0 Å². The summed E-state index contributed by atoms with van der Waals surface area (Å²) in [5.41, 5.74) is 6.60. The number of rotatable bonds is 1. The van der Waals surface area contributed by atoms with Crippen LogP contribution in [0.1, 0.15) is 6.92 Å². The maximum absolute atomic E-state index is 5.92. The number of nitrogens with zero attached hydrogens (tertiary/aromatic N) is 4. The van der Waals surface area contributed by atoms with Gasteiger partial charge in [-0.05, 0) is 6.92 Å². The van der Waals surface area contributed by atoms with Gasteiger partial charge in [-0.15, -0.1) is 0 Å². The first-order chi connectivity index (χ1) is 6.72. The molecule has 2 rings (SSSR count). The average molecular weight is 210 g/mol. The van der Waals surface area contributed by atoms with Gasteiger partial charge in [0, 0.05) is 6.20 Å². The van der Waals surface area contributed by atoms with E-state index >= 15 is 0 Å². The molecule has 0 amide bonds. The molecule has 0 saturated heterocycles. The molecule has 0 atom stereocenters. The SMILES string of the molecule is C/C=C/n1cnc2nc(N)nc(Cl)c21. The molecule has 0 aromatic carbocycles. The van der Waals surface area contributed by atoms with Crippen LogP contribution in [0.25, 0.3) is 17.4 Å². The van der Waals surface area contributed by atoms with Crippen molar-refractivity contribution in [1.82, 2.24) is 19.5 Å². The van der Waals surface area contributed by atoms with E-state index in [2.05, 4.69) is 15.0 Å². The number of nitrogens with two attached hydrogens (primary N) is 1. The summed E-state index contributed by atoms with van der Waals surface area (Å²) in [6, 6.07) is 0. The summed E-state index contributed by atoms with van der Waals surface area (Å²) in [7, 11) is 0. The molecular formula is C8H8ClN5. The fraction of sp³-hybridized carbons (Fsp3) is 0.125. The average Bonchev–Trinajstić information content (AvgIpc) is 2.49. The molecule has 2 aromatic heterocycles. The number of hydrogen-bond donors (Lipinski definition) is 1. The van der Waals surface area contributed by atoms with Crippen LogP contribution < -0.4 is 5.73 Å². The van der Waals surface area contributed by atoms with E-state index in [0.717, 1.165) is 0 Å². The van der Waals surface area contributed by atoms with Gasteiger partial charge >= 0.3 is 0 Å². The highest BCUT2D eigenvalue weighted by molar-refractivity contribution is 6.33. The zero-order chi connectivity index (χ0) is 10.1. The van der Waals surface area contributed by atoms with Crippen molar-refractivity contribution in [2.75, 3.05) is 5.73 Å². The molecule has 0 unspecified atom stereocenters. The quantitative estimate of drug-likeness (QED) is 0.724. The maximum Gasteiger partial charge on any atom is 0.223 e. The largest absolute Gasteiger partial charge is 0.368 e. The third kappa shape index (κ3) is 1.31. The first kappa shape index (κ1) is 8.96. The summed E-state index contributed by atoms with van der Waals surface area (Å²) in [5, 5.41) is 0.308. The molecule has 0 bridgehead atoms. The highest BCUT2D eigenvalue weighted by atomic mass is 35.5. The van der Waals surface area contributed by atoms with Crippen LogP contribution in [-0.2, 0) is 0 Å². The van der Waals surface area contributed by atoms with Crippen LogP contribution in [0.4, 0.5) is 5.95 Å². The second-order valence-electron chi connectivity index (χ2n) is 2.68. The number of fused-ring (bicyclic) bond motifs is 1. The van der Waals surface area contributed by atoms with Crippen LogP contribution >= 0.6 is 11.6 Å². The Balaban J connectivity index is 2.78. The smallest absolute Gasteiger partial charge is 0.223 e. The normalized spacial score (nSPS) is 11.6. The van der Waals surface area contributed by atoms with Crippen LogP contribution in [0.3, 0.4) is 0 Å². The van der Waals surface area contributed by atoms with Gasteiger partial charge in [0.25, 0.3) is 0 Å². The second kappa shape index (κ2) is 3.26. The van der Waals surface area contributed by atoms with Crippen molar-refractivity contribution in [1.29, 1.82) is 0 Å². The monoisotopic (exact) mass is 209 g/mol. The molecule has 0 spiro atoms. The zero-order valence-electron chi connectivity index (χ0n) is 7.48. The first-order valence-electron chi connectivity index (χ1n) is 4.00. The molecule has 0 aliphatic heterocycles. The maximum atomic E-state index is 5.92. The standard InChI is InChI=1S/C8H8ClN5/c1-2-3-14-4-11-7-5(14)6(9)12-8(10)13-7/h2-4H,1H3,(H2,10,12,13)/b3-2+. The number of halogens is 1. The molecule has 5 nitrogen and oxygen atoms in total. The van der Waals surface area contributed by atoms with Gasteiger partial charge in [-0.3, -0.25) is 0 Å². The third-order valence-electron chi connectivity index (χ3n) is 1.71. The lowest BCUT2D eigenvalue weighted by atomic mass is 10.5. The summed E-state index contributed by atoms with van der Waals surface area (Å²) in [6.07, 6.45) is 5.30. The van der Waals surface area contributed by atoms with Crippen LogP contribution in [0.5, 0.6) is 0 Å². The van der Waals surface area contributed by atoms with E-state index in [-0.39, 0.29) is 5.95 Å². The van der Waals surface area contributed by atoms with Crippen molar-refractivity contribution in [3.63, 3.8) is 0 Å². The Bertz CT molecular complexity index is 502. The highest BCUT2D eigenvalue weighted by Gasteiger charge is 2.08. The van der Waals surface area contributed by atoms with Gasteiger partial charge in [-0.2, -0.15) is 9.97 Å².